The number of H-pyrrole nitrogens is 1. The smallest absolute Gasteiger partial charge is 0.308 e. The first-order chi connectivity index (χ1) is 15.3. The molecule has 1 aliphatic rings. The molecule has 2 amide bonds. The summed E-state index contributed by atoms with van der Waals surface area (Å²) >= 11 is 0. The Morgan fingerprint density at radius 1 is 1.22 bits per heavy atom. The SMILES string of the molecule is COC(=O)CC1Nc2ccc(C(=O)N(C)Cc3nc4nc(C)ccc4[nH]3)cc2CNC1=O. The maximum Gasteiger partial charge on any atom is 0.308 e. The van der Waals surface area contributed by atoms with Crippen LogP contribution in [-0.2, 0) is 27.4 Å². The Bertz CT molecular complexity index is 1200. The highest BCUT2D eigenvalue weighted by Crippen LogP contribution is 2.23. The number of pyridine rings is 1. The van der Waals surface area contributed by atoms with Crippen molar-refractivity contribution >= 4 is 34.6 Å². The number of nitrogens with one attached hydrogen (secondary N) is 3. The zero-order chi connectivity index (χ0) is 22.8. The highest BCUT2D eigenvalue weighted by molar-refractivity contribution is 5.95. The van der Waals surface area contributed by atoms with Crippen LogP contribution in [0, 0.1) is 6.92 Å². The van der Waals surface area contributed by atoms with Crippen LogP contribution in [0.25, 0.3) is 11.2 Å². The van der Waals surface area contributed by atoms with Crippen molar-refractivity contribution in [1.29, 1.82) is 0 Å². The number of aryl methyl sites for hydroxylation is 1. The Hall–Kier alpha value is -3.95. The van der Waals surface area contributed by atoms with Gasteiger partial charge in [-0.3, -0.25) is 14.4 Å². The zero-order valence-corrected chi connectivity index (χ0v) is 18.1. The molecule has 0 saturated carbocycles. The Labute approximate surface area is 184 Å². The molecule has 3 aromatic rings. The topological polar surface area (TPSA) is 129 Å². The molecule has 0 spiro atoms. The summed E-state index contributed by atoms with van der Waals surface area (Å²) in [6.07, 6.45) is -0.0862. The Balaban J connectivity index is 1.49. The molecule has 0 aliphatic carbocycles. The van der Waals surface area contributed by atoms with Crippen LogP contribution in [0.4, 0.5) is 5.69 Å². The third-order valence-electron chi connectivity index (χ3n) is 5.32. The number of fused-ring (bicyclic) bond motifs is 2. The molecular weight excluding hydrogens is 412 g/mol. The molecule has 1 unspecified atom stereocenters. The van der Waals surface area contributed by atoms with Crippen LogP contribution in [-0.4, -0.2) is 57.8 Å². The number of nitrogens with zero attached hydrogens (tertiary/aromatic N) is 3. The van der Waals surface area contributed by atoms with E-state index in [-0.39, 0.29) is 24.8 Å². The van der Waals surface area contributed by atoms with Gasteiger partial charge in [0.2, 0.25) is 5.91 Å². The maximum absolute atomic E-state index is 13.0. The van der Waals surface area contributed by atoms with E-state index in [0.29, 0.717) is 29.3 Å². The predicted octanol–water partition coefficient (Wildman–Crippen LogP) is 1.51. The molecule has 32 heavy (non-hydrogen) atoms. The van der Waals surface area contributed by atoms with E-state index in [0.717, 1.165) is 16.8 Å². The van der Waals surface area contributed by atoms with Crippen LogP contribution in [0.15, 0.2) is 30.3 Å². The number of ether oxygens (including phenoxy) is 1. The van der Waals surface area contributed by atoms with E-state index in [2.05, 4.69) is 30.3 Å². The lowest BCUT2D eigenvalue weighted by molar-refractivity contribution is -0.142. The van der Waals surface area contributed by atoms with Crippen LogP contribution in [0.2, 0.25) is 0 Å². The minimum atomic E-state index is -0.738. The van der Waals surface area contributed by atoms with E-state index in [9.17, 15) is 14.4 Å². The Morgan fingerprint density at radius 2 is 2.03 bits per heavy atom. The second kappa shape index (κ2) is 8.66. The molecule has 0 radical (unpaired) electrons. The fraction of sp³-hybridized carbons (Fsp3) is 0.318. The second-order valence-corrected chi connectivity index (χ2v) is 7.74. The quantitative estimate of drug-likeness (QED) is 0.517. The Morgan fingerprint density at radius 3 is 2.81 bits per heavy atom. The lowest BCUT2D eigenvalue weighted by Crippen LogP contribution is -2.38. The second-order valence-electron chi connectivity index (χ2n) is 7.74. The van der Waals surface area contributed by atoms with Gasteiger partial charge in [0, 0.05) is 30.5 Å². The van der Waals surface area contributed by atoms with Gasteiger partial charge in [-0.25, -0.2) is 9.97 Å². The average Bonchev–Trinajstić information content (AvgIpc) is 3.10. The van der Waals surface area contributed by atoms with Gasteiger partial charge in [-0.2, -0.15) is 0 Å². The lowest BCUT2D eigenvalue weighted by Gasteiger charge is -2.18. The van der Waals surface area contributed by atoms with Crippen molar-refractivity contribution in [2.24, 2.45) is 0 Å². The number of hydrogen-bond donors (Lipinski definition) is 3. The van der Waals surface area contributed by atoms with Crippen molar-refractivity contribution in [3.63, 3.8) is 0 Å². The molecule has 1 aliphatic heterocycles. The Kier molecular flexibility index (Phi) is 5.76. The molecule has 2 aromatic heterocycles. The molecule has 3 heterocycles. The van der Waals surface area contributed by atoms with Gasteiger partial charge < -0.3 is 25.3 Å². The molecule has 10 heteroatoms. The van der Waals surface area contributed by atoms with Crippen molar-refractivity contribution in [3.8, 4) is 0 Å². The van der Waals surface area contributed by atoms with Crippen molar-refractivity contribution in [1.82, 2.24) is 25.2 Å². The number of rotatable bonds is 5. The van der Waals surface area contributed by atoms with Crippen molar-refractivity contribution < 1.29 is 19.1 Å². The molecule has 0 bridgehead atoms. The fourth-order valence-electron chi connectivity index (χ4n) is 3.60. The number of aromatic amines is 1. The number of aromatic nitrogens is 3. The molecule has 3 N–H and O–H groups in total. The van der Waals surface area contributed by atoms with Crippen LogP contribution in [0.3, 0.4) is 0 Å². The van der Waals surface area contributed by atoms with Gasteiger partial charge in [-0.05, 0) is 42.8 Å². The molecule has 1 aromatic carbocycles. The van der Waals surface area contributed by atoms with E-state index < -0.39 is 12.0 Å². The number of anilines is 1. The van der Waals surface area contributed by atoms with E-state index in [1.54, 1.807) is 30.1 Å². The number of hydrogen-bond acceptors (Lipinski definition) is 7. The minimum absolute atomic E-state index is 0.0862. The predicted molar refractivity (Wildman–Crippen MR) is 117 cm³/mol. The summed E-state index contributed by atoms with van der Waals surface area (Å²) in [5, 5.41) is 5.85. The average molecular weight is 436 g/mol. The molecule has 1 atom stereocenters. The van der Waals surface area contributed by atoms with Crippen molar-refractivity contribution in [2.45, 2.75) is 32.5 Å². The van der Waals surface area contributed by atoms with Crippen molar-refractivity contribution in [2.75, 3.05) is 19.5 Å². The van der Waals surface area contributed by atoms with Crippen LogP contribution < -0.4 is 10.6 Å². The number of esters is 1. The molecule has 10 nitrogen and oxygen atoms in total. The number of carbonyl (C=O) groups is 3. The molecule has 0 saturated heterocycles. The van der Waals surface area contributed by atoms with E-state index in [4.69, 9.17) is 0 Å². The monoisotopic (exact) mass is 436 g/mol. The molecule has 0 fully saturated rings. The van der Waals surface area contributed by atoms with Crippen molar-refractivity contribution in [3.05, 3.63) is 53.0 Å². The summed E-state index contributed by atoms with van der Waals surface area (Å²) in [7, 11) is 2.98. The van der Waals surface area contributed by atoms with E-state index in [1.807, 2.05) is 19.1 Å². The highest BCUT2D eigenvalue weighted by atomic mass is 16.5. The summed E-state index contributed by atoms with van der Waals surface area (Å²) < 4.78 is 4.66. The molecule has 4 rings (SSSR count). The molecule has 166 valence electrons. The summed E-state index contributed by atoms with van der Waals surface area (Å²) in [6.45, 7) is 2.44. The van der Waals surface area contributed by atoms with Crippen LogP contribution in [0.5, 0.6) is 0 Å². The first-order valence-corrected chi connectivity index (χ1v) is 10.2. The lowest BCUT2D eigenvalue weighted by atomic mass is 10.1. The van der Waals surface area contributed by atoms with Gasteiger partial charge in [-0.15, -0.1) is 0 Å². The fourth-order valence-corrected chi connectivity index (χ4v) is 3.60. The maximum atomic E-state index is 13.0. The van der Waals surface area contributed by atoms with Gasteiger partial charge in [0.25, 0.3) is 5.91 Å². The normalized spacial score (nSPS) is 15.3. The van der Waals surface area contributed by atoms with Gasteiger partial charge in [0.05, 0.1) is 25.6 Å². The number of amides is 2. The standard InChI is InChI=1S/C22H24N6O4/c1-12-4-6-16-20(24-12)27-18(26-16)11-28(2)22(31)13-5-7-15-14(8-13)10-23-21(30)17(25-15)9-19(29)32-3/h4-8,17,25H,9-11H2,1-3H3,(H,23,30)(H,24,26,27). The van der Waals surface area contributed by atoms with Gasteiger partial charge in [0.15, 0.2) is 5.65 Å². The van der Waals surface area contributed by atoms with E-state index >= 15 is 0 Å². The summed E-state index contributed by atoms with van der Waals surface area (Å²) in [4.78, 5) is 50.5. The summed E-state index contributed by atoms with van der Waals surface area (Å²) in [6, 6.07) is 8.26. The first kappa shape index (κ1) is 21.3. The largest absolute Gasteiger partial charge is 0.469 e. The third kappa shape index (κ3) is 4.39. The molecular formula is C22H24N6O4. The summed E-state index contributed by atoms with van der Waals surface area (Å²) in [5.41, 5.74) is 4.25. The van der Waals surface area contributed by atoms with Crippen LogP contribution in [0.1, 0.15) is 33.9 Å². The van der Waals surface area contributed by atoms with Crippen LogP contribution >= 0.6 is 0 Å². The zero-order valence-electron chi connectivity index (χ0n) is 18.1. The highest BCUT2D eigenvalue weighted by Gasteiger charge is 2.26. The third-order valence-corrected chi connectivity index (χ3v) is 5.32. The number of methoxy groups -OCH3 is 1. The summed E-state index contributed by atoms with van der Waals surface area (Å²) in [5.74, 6) is -0.321. The first-order valence-electron chi connectivity index (χ1n) is 10.2. The van der Waals surface area contributed by atoms with E-state index in [1.165, 1.54) is 7.11 Å². The number of imidazole rings is 1. The van der Waals surface area contributed by atoms with Gasteiger partial charge in [0.1, 0.15) is 11.9 Å². The van der Waals surface area contributed by atoms with Gasteiger partial charge in [-0.1, -0.05) is 0 Å². The number of benzene rings is 1. The minimum Gasteiger partial charge on any atom is -0.469 e. The van der Waals surface area contributed by atoms with Gasteiger partial charge >= 0.3 is 5.97 Å². The number of carbonyl (C=O) groups excluding carboxylic acids is 3.